The van der Waals surface area contributed by atoms with E-state index < -0.39 is 23.2 Å². The minimum Gasteiger partial charge on any atom is -0.316 e. The van der Waals surface area contributed by atoms with Crippen molar-refractivity contribution in [2.24, 2.45) is 0 Å². The number of anilines is 1. The number of nitrogens with one attached hydrogen (secondary N) is 1. The van der Waals surface area contributed by atoms with Gasteiger partial charge in [0.1, 0.15) is 5.69 Å². The molecule has 3 rings (SSSR count). The number of rotatable bonds is 2. The van der Waals surface area contributed by atoms with Crippen LogP contribution < -0.4 is 5.32 Å². The molecular weight excluding hydrogens is 360 g/mol. The van der Waals surface area contributed by atoms with E-state index in [-0.39, 0.29) is 0 Å². The SMILES string of the molecule is O=C(Nc1c(F)cc(Br)cc1F)c1cc2c(s1)CCCC2. The molecule has 0 atom stereocenters. The van der Waals surface area contributed by atoms with Gasteiger partial charge in [0.2, 0.25) is 0 Å². The van der Waals surface area contributed by atoms with E-state index in [0.29, 0.717) is 9.35 Å². The van der Waals surface area contributed by atoms with Gasteiger partial charge in [0, 0.05) is 9.35 Å². The average molecular weight is 372 g/mol. The number of amides is 1. The molecule has 2 nitrogen and oxygen atoms in total. The van der Waals surface area contributed by atoms with Gasteiger partial charge in [0.15, 0.2) is 11.6 Å². The maximum Gasteiger partial charge on any atom is 0.265 e. The van der Waals surface area contributed by atoms with E-state index in [2.05, 4.69) is 21.2 Å². The number of halogens is 3. The van der Waals surface area contributed by atoms with Crippen molar-refractivity contribution in [3.05, 3.63) is 49.6 Å². The van der Waals surface area contributed by atoms with Gasteiger partial charge in [0.25, 0.3) is 5.91 Å². The maximum absolute atomic E-state index is 13.7. The van der Waals surface area contributed by atoms with Gasteiger partial charge in [-0.2, -0.15) is 0 Å². The highest BCUT2D eigenvalue weighted by Crippen LogP contribution is 2.31. The van der Waals surface area contributed by atoms with Crippen molar-refractivity contribution in [2.75, 3.05) is 5.32 Å². The third-order valence-corrected chi connectivity index (χ3v) is 5.16. The number of carbonyl (C=O) groups excluding carboxylic acids is 1. The first-order valence-corrected chi connectivity index (χ1v) is 8.23. The van der Waals surface area contributed by atoms with E-state index in [1.165, 1.54) is 21.8 Å². The Balaban J connectivity index is 1.85. The Morgan fingerprint density at radius 1 is 1.14 bits per heavy atom. The van der Waals surface area contributed by atoms with Crippen LogP contribution in [0.5, 0.6) is 0 Å². The van der Waals surface area contributed by atoms with Crippen molar-refractivity contribution in [3.8, 4) is 0 Å². The van der Waals surface area contributed by atoms with Crippen molar-refractivity contribution >= 4 is 38.9 Å². The third-order valence-electron chi connectivity index (χ3n) is 3.47. The molecule has 0 spiro atoms. The largest absolute Gasteiger partial charge is 0.316 e. The minimum absolute atomic E-state index is 0.294. The Labute approximate surface area is 133 Å². The number of hydrogen-bond acceptors (Lipinski definition) is 2. The number of benzene rings is 1. The number of hydrogen-bond donors (Lipinski definition) is 1. The van der Waals surface area contributed by atoms with Crippen molar-refractivity contribution in [2.45, 2.75) is 25.7 Å². The van der Waals surface area contributed by atoms with Crippen LogP contribution in [0.2, 0.25) is 0 Å². The molecule has 1 amide bonds. The summed E-state index contributed by atoms with van der Waals surface area (Å²) in [6.07, 6.45) is 4.21. The summed E-state index contributed by atoms with van der Waals surface area (Å²) in [5.41, 5.74) is 0.780. The Bertz CT molecular complexity index is 667. The lowest BCUT2D eigenvalue weighted by atomic mass is 9.99. The van der Waals surface area contributed by atoms with Gasteiger partial charge in [-0.25, -0.2) is 8.78 Å². The quantitative estimate of drug-likeness (QED) is 0.797. The monoisotopic (exact) mass is 371 g/mol. The third kappa shape index (κ3) is 3.01. The molecular formula is C15H12BrF2NOS. The molecule has 6 heteroatoms. The fraction of sp³-hybridized carbons (Fsp3) is 0.267. The van der Waals surface area contributed by atoms with Crippen molar-refractivity contribution in [3.63, 3.8) is 0 Å². The fourth-order valence-corrected chi connectivity index (χ4v) is 3.99. The molecule has 2 aromatic rings. The van der Waals surface area contributed by atoms with E-state index in [9.17, 15) is 13.6 Å². The lowest BCUT2D eigenvalue weighted by Gasteiger charge is -2.08. The molecule has 0 bridgehead atoms. The first-order chi connectivity index (χ1) is 10.0. The predicted octanol–water partition coefficient (Wildman–Crippen LogP) is 4.92. The summed E-state index contributed by atoms with van der Waals surface area (Å²) in [6.45, 7) is 0. The van der Waals surface area contributed by atoms with Gasteiger partial charge in [-0.1, -0.05) is 15.9 Å². The fourth-order valence-electron chi connectivity index (χ4n) is 2.44. The smallest absolute Gasteiger partial charge is 0.265 e. The molecule has 0 aliphatic heterocycles. The van der Waals surface area contributed by atoms with Crippen molar-refractivity contribution in [1.82, 2.24) is 0 Å². The highest BCUT2D eigenvalue weighted by Gasteiger charge is 2.19. The zero-order valence-electron chi connectivity index (χ0n) is 11.0. The molecule has 0 unspecified atom stereocenters. The first kappa shape index (κ1) is 14.7. The zero-order valence-corrected chi connectivity index (χ0v) is 13.4. The summed E-state index contributed by atoms with van der Waals surface area (Å²) < 4.78 is 27.8. The number of fused-ring (bicyclic) bond motifs is 1. The van der Waals surface area contributed by atoms with E-state index in [4.69, 9.17) is 0 Å². The second kappa shape index (κ2) is 5.85. The highest BCUT2D eigenvalue weighted by atomic mass is 79.9. The number of aryl methyl sites for hydroxylation is 2. The summed E-state index contributed by atoms with van der Waals surface area (Å²) in [6, 6.07) is 4.08. The Morgan fingerprint density at radius 2 is 1.81 bits per heavy atom. The summed E-state index contributed by atoms with van der Waals surface area (Å²) >= 11 is 4.42. The van der Waals surface area contributed by atoms with Gasteiger partial charge in [0.05, 0.1) is 4.88 Å². The van der Waals surface area contributed by atoms with Crippen LogP contribution in [-0.2, 0) is 12.8 Å². The molecule has 1 aliphatic carbocycles. The van der Waals surface area contributed by atoms with Crippen LogP contribution in [0.3, 0.4) is 0 Å². The molecule has 1 N–H and O–H groups in total. The molecule has 1 aromatic carbocycles. The lowest BCUT2D eigenvalue weighted by Crippen LogP contribution is -2.13. The van der Waals surface area contributed by atoms with Crippen LogP contribution >= 0.6 is 27.3 Å². The average Bonchev–Trinajstić information content (AvgIpc) is 2.86. The van der Waals surface area contributed by atoms with Crippen LogP contribution in [0.15, 0.2) is 22.7 Å². The summed E-state index contributed by atoms with van der Waals surface area (Å²) in [5.74, 6) is -2.05. The van der Waals surface area contributed by atoms with Gasteiger partial charge >= 0.3 is 0 Å². The lowest BCUT2D eigenvalue weighted by molar-refractivity contribution is 0.102. The Morgan fingerprint density at radius 3 is 2.48 bits per heavy atom. The summed E-state index contributed by atoms with van der Waals surface area (Å²) in [7, 11) is 0. The van der Waals surface area contributed by atoms with Gasteiger partial charge in [-0.15, -0.1) is 11.3 Å². The van der Waals surface area contributed by atoms with Crippen LogP contribution in [0.4, 0.5) is 14.5 Å². The molecule has 0 saturated heterocycles. The van der Waals surface area contributed by atoms with Crippen molar-refractivity contribution < 1.29 is 13.6 Å². The number of thiophene rings is 1. The highest BCUT2D eigenvalue weighted by molar-refractivity contribution is 9.10. The first-order valence-electron chi connectivity index (χ1n) is 6.62. The van der Waals surface area contributed by atoms with E-state index in [1.807, 2.05) is 6.07 Å². The maximum atomic E-state index is 13.7. The molecule has 1 aromatic heterocycles. The van der Waals surface area contributed by atoms with Crippen LogP contribution in [0.25, 0.3) is 0 Å². The summed E-state index contributed by atoms with van der Waals surface area (Å²) in [5, 5.41) is 2.33. The van der Waals surface area contributed by atoms with E-state index in [1.54, 1.807) is 0 Å². The van der Waals surface area contributed by atoms with Crippen LogP contribution in [-0.4, -0.2) is 5.91 Å². The molecule has 110 valence electrons. The van der Waals surface area contributed by atoms with Crippen LogP contribution in [0.1, 0.15) is 33.0 Å². The predicted molar refractivity (Wildman–Crippen MR) is 83.0 cm³/mol. The minimum atomic E-state index is -0.795. The standard InChI is InChI=1S/C15H12BrF2NOS/c16-9-6-10(17)14(11(18)7-9)19-15(20)13-5-8-3-1-2-4-12(8)21-13/h5-7H,1-4H2,(H,19,20). The molecule has 21 heavy (non-hydrogen) atoms. The van der Waals surface area contributed by atoms with E-state index >= 15 is 0 Å². The van der Waals surface area contributed by atoms with Gasteiger partial charge in [-0.3, -0.25) is 4.79 Å². The van der Waals surface area contributed by atoms with E-state index in [0.717, 1.165) is 37.8 Å². The zero-order chi connectivity index (χ0) is 15.0. The topological polar surface area (TPSA) is 29.1 Å². The Hall–Kier alpha value is -1.27. The van der Waals surface area contributed by atoms with Crippen LogP contribution in [0, 0.1) is 11.6 Å². The normalized spacial score (nSPS) is 13.9. The molecule has 0 fully saturated rings. The second-order valence-electron chi connectivity index (χ2n) is 4.96. The molecule has 1 heterocycles. The van der Waals surface area contributed by atoms with Gasteiger partial charge in [-0.05, 0) is 49.4 Å². The van der Waals surface area contributed by atoms with Gasteiger partial charge < -0.3 is 5.32 Å². The molecule has 0 saturated carbocycles. The second-order valence-corrected chi connectivity index (χ2v) is 7.02. The van der Waals surface area contributed by atoms with Crippen molar-refractivity contribution in [1.29, 1.82) is 0 Å². The summed E-state index contributed by atoms with van der Waals surface area (Å²) in [4.78, 5) is 13.9. The number of carbonyl (C=O) groups is 1. The molecule has 1 aliphatic rings. The molecule has 0 radical (unpaired) electrons. The Kier molecular flexibility index (Phi) is 4.08.